The Hall–Kier alpha value is -0.290. The first-order valence-corrected chi connectivity index (χ1v) is 4.32. The van der Waals surface area contributed by atoms with Gasteiger partial charge in [0.25, 0.3) is 0 Å². The van der Waals surface area contributed by atoms with Crippen LogP contribution in [0.25, 0.3) is 0 Å². The summed E-state index contributed by atoms with van der Waals surface area (Å²) in [5.41, 5.74) is 4.93. The molecule has 5 heteroatoms. The third-order valence-corrected chi connectivity index (χ3v) is 2.71. The summed E-state index contributed by atoms with van der Waals surface area (Å²) in [5.74, 6) is 0. The predicted octanol–water partition coefficient (Wildman–Crippen LogP) is 1.43. The second-order valence-electron chi connectivity index (χ2n) is 3.88. The Morgan fingerprint density at radius 1 is 1.38 bits per heavy atom. The van der Waals surface area contributed by atoms with Crippen molar-refractivity contribution in [3.05, 3.63) is 0 Å². The van der Waals surface area contributed by atoms with E-state index >= 15 is 0 Å². The van der Waals surface area contributed by atoms with Crippen molar-refractivity contribution >= 4 is 0 Å². The standard InChI is InChI=1S/C8H14F3NO/c9-8(10,11)2-1-7(5-12)3-6(13)4-7/h6,13H,1-5,12H2. The van der Waals surface area contributed by atoms with Crippen molar-refractivity contribution < 1.29 is 18.3 Å². The molecule has 2 nitrogen and oxygen atoms in total. The Labute approximate surface area is 74.9 Å². The first kappa shape index (κ1) is 10.8. The third kappa shape index (κ3) is 2.84. The monoisotopic (exact) mass is 197 g/mol. The number of rotatable bonds is 3. The van der Waals surface area contributed by atoms with E-state index in [0.29, 0.717) is 12.8 Å². The van der Waals surface area contributed by atoms with E-state index in [1.807, 2.05) is 0 Å². The number of nitrogens with two attached hydrogens (primary N) is 1. The summed E-state index contributed by atoms with van der Waals surface area (Å²) < 4.78 is 35.6. The zero-order valence-corrected chi connectivity index (χ0v) is 7.27. The predicted molar refractivity (Wildman–Crippen MR) is 42.0 cm³/mol. The number of aliphatic hydroxyl groups is 1. The molecule has 1 rings (SSSR count). The molecule has 0 aromatic heterocycles. The van der Waals surface area contributed by atoms with Gasteiger partial charge in [0.2, 0.25) is 0 Å². The van der Waals surface area contributed by atoms with E-state index in [1.54, 1.807) is 0 Å². The van der Waals surface area contributed by atoms with Gasteiger partial charge in [-0.05, 0) is 31.2 Å². The lowest BCUT2D eigenvalue weighted by molar-refractivity contribution is -0.149. The van der Waals surface area contributed by atoms with Gasteiger partial charge in [-0.25, -0.2) is 0 Å². The largest absolute Gasteiger partial charge is 0.393 e. The quantitative estimate of drug-likeness (QED) is 0.718. The number of halogens is 3. The summed E-state index contributed by atoms with van der Waals surface area (Å²) in [6.07, 6.45) is -4.47. The fourth-order valence-electron chi connectivity index (χ4n) is 1.82. The van der Waals surface area contributed by atoms with Gasteiger partial charge in [-0.1, -0.05) is 0 Å². The highest BCUT2D eigenvalue weighted by Crippen LogP contribution is 2.45. The Balaban J connectivity index is 2.34. The maximum atomic E-state index is 11.9. The molecule has 0 aliphatic heterocycles. The molecular formula is C8H14F3NO. The summed E-state index contributed by atoms with van der Waals surface area (Å²) >= 11 is 0. The van der Waals surface area contributed by atoms with E-state index in [2.05, 4.69) is 0 Å². The van der Waals surface area contributed by atoms with E-state index in [1.165, 1.54) is 0 Å². The SMILES string of the molecule is NCC1(CCC(F)(F)F)CC(O)C1. The zero-order valence-electron chi connectivity index (χ0n) is 7.27. The second kappa shape index (κ2) is 3.46. The molecule has 0 spiro atoms. The fourth-order valence-corrected chi connectivity index (χ4v) is 1.82. The van der Waals surface area contributed by atoms with E-state index in [4.69, 9.17) is 10.8 Å². The Morgan fingerprint density at radius 3 is 2.23 bits per heavy atom. The molecule has 0 aromatic rings. The van der Waals surface area contributed by atoms with Gasteiger partial charge in [-0.2, -0.15) is 13.2 Å². The molecule has 0 aromatic carbocycles. The van der Waals surface area contributed by atoms with Crippen molar-refractivity contribution in [2.24, 2.45) is 11.1 Å². The lowest BCUT2D eigenvalue weighted by atomic mass is 9.64. The van der Waals surface area contributed by atoms with Gasteiger partial charge < -0.3 is 10.8 Å². The molecule has 13 heavy (non-hydrogen) atoms. The van der Waals surface area contributed by atoms with Crippen LogP contribution in [0.1, 0.15) is 25.7 Å². The molecule has 0 unspecified atom stereocenters. The van der Waals surface area contributed by atoms with Crippen LogP contribution in [-0.4, -0.2) is 23.9 Å². The van der Waals surface area contributed by atoms with Gasteiger partial charge in [0.1, 0.15) is 0 Å². The van der Waals surface area contributed by atoms with Crippen LogP contribution < -0.4 is 5.73 Å². The highest BCUT2D eigenvalue weighted by atomic mass is 19.4. The molecule has 1 aliphatic rings. The molecule has 0 atom stereocenters. The van der Waals surface area contributed by atoms with Gasteiger partial charge >= 0.3 is 6.18 Å². The number of alkyl halides is 3. The van der Waals surface area contributed by atoms with Crippen LogP contribution in [0.4, 0.5) is 13.2 Å². The minimum atomic E-state index is -4.11. The van der Waals surface area contributed by atoms with E-state index in [-0.39, 0.29) is 13.0 Å². The summed E-state index contributed by atoms with van der Waals surface area (Å²) in [5, 5.41) is 9.01. The summed E-state index contributed by atoms with van der Waals surface area (Å²) in [6, 6.07) is 0. The average molecular weight is 197 g/mol. The number of hydrogen-bond acceptors (Lipinski definition) is 2. The van der Waals surface area contributed by atoms with E-state index < -0.39 is 24.1 Å². The van der Waals surface area contributed by atoms with Crippen molar-refractivity contribution in [3.63, 3.8) is 0 Å². The van der Waals surface area contributed by atoms with Crippen molar-refractivity contribution in [2.45, 2.75) is 38.0 Å². The molecule has 1 saturated carbocycles. The van der Waals surface area contributed by atoms with Crippen molar-refractivity contribution in [2.75, 3.05) is 6.54 Å². The van der Waals surface area contributed by atoms with Gasteiger partial charge in [0.15, 0.2) is 0 Å². The molecule has 3 N–H and O–H groups in total. The summed E-state index contributed by atoms with van der Waals surface area (Å²) in [7, 11) is 0. The van der Waals surface area contributed by atoms with Gasteiger partial charge in [-0.3, -0.25) is 0 Å². The molecule has 0 bridgehead atoms. The normalized spacial score (nSPS) is 34.4. The van der Waals surface area contributed by atoms with Crippen molar-refractivity contribution in [3.8, 4) is 0 Å². The maximum absolute atomic E-state index is 11.9. The van der Waals surface area contributed by atoms with Crippen LogP contribution in [0.15, 0.2) is 0 Å². The van der Waals surface area contributed by atoms with Crippen LogP contribution in [0.5, 0.6) is 0 Å². The summed E-state index contributed by atoms with van der Waals surface area (Å²) in [6.45, 7) is 0.236. The van der Waals surface area contributed by atoms with Crippen molar-refractivity contribution in [1.82, 2.24) is 0 Å². The second-order valence-corrected chi connectivity index (χ2v) is 3.88. The first-order chi connectivity index (χ1) is 5.87. The minimum Gasteiger partial charge on any atom is -0.393 e. The van der Waals surface area contributed by atoms with Crippen LogP contribution in [0.3, 0.4) is 0 Å². The number of aliphatic hydroxyl groups excluding tert-OH is 1. The maximum Gasteiger partial charge on any atom is 0.389 e. The van der Waals surface area contributed by atoms with E-state index in [9.17, 15) is 13.2 Å². The topological polar surface area (TPSA) is 46.2 Å². The lowest BCUT2D eigenvalue weighted by Gasteiger charge is -2.45. The van der Waals surface area contributed by atoms with Gasteiger partial charge in [-0.15, -0.1) is 0 Å². The van der Waals surface area contributed by atoms with Crippen LogP contribution >= 0.6 is 0 Å². The molecule has 0 saturated heterocycles. The highest BCUT2D eigenvalue weighted by molar-refractivity contribution is 4.94. The number of hydrogen-bond donors (Lipinski definition) is 2. The van der Waals surface area contributed by atoms with Crippen molar-refractivity contribution in [1.29, 1.82) is 0 Å². The lowest BCUT2D eigenvalue weighted by Crippen LogP contribution is -2.46. The smallest absolute Gasteiger partial charge is 0.389 e. The highest BCUT2D eigenvalue weighted by Gasteiger charge is 2.44. The Kier molecular flexibility index (Phi) is 2.87. The zero-order chi connectivity index (χ0) is 10.1. The average Bonchev–Trinajstić information content (AvgIpc) is 1.94. The van der Waals surface area contributed by atoms with Crippen LogP contribution in [0.2, 0.25) is 0 Å². The first-order valence-electron chi connectivity index (χ1n) is 4.32. The molecule has 78 valence electrons. The molecule has 1 fully saturated rings. The molecule has 0 radical (unpaired) electrons. The van der Waals surface area contributed by atoms with E-state index in [0.717, 1.165) is 0 Å². The van der Waals surface area contributed by atoms with Crippen LogP contribution in [0, 0.1) is 5.41 Å². The van der Waals surface area contributed by atoms with Gasteiger partial charge in [0.05, 0.1) is 6.10 Å². The van der Waals surface area contributed by atoms with Crippen LogP contribution in [-0.2, 0) is 0 Å². The van der Waals surface area contributed by atoms with Gasteiger partial charge in [0, 0.05) is 6.42 Å². The molecular weight excluding hydrogens is 183 g/mol. The Bertz CT molecular complexity index is 175. The molecule has 0 amide bonds. The molecule has 1 aliphatic carbocycles. The summed E-state index contributed by atoms with van der Waals surface area (Å²) in [4.78, 5) is 0. The third-order valence-electron chi connectivity index (χ3n) is 2.71. The molecule has 0 heterocycles. The fraction of sp³-hybridized carbons (Fsp3) is 1.00. The Morgan fingerprint density at radius 2 is 1.92 bits per heavy atom. The minimum absolute atomic E-state index is 0.0457.